The molecule has 6 nitrogen and oxygen atoms in total. The molecule has 0 aliphatic rings. The minimum atomic E-state index is -1.46. The molecule has 1 aromatic carbocycles. The average molecular weight is 425 g/mol. The van der Waals surface area contributed by atoms with Crippen LogP contribution in [0.3, 0.4) is 0 Å². The highest BCUT2D eigenvalue weighted by Gasteiger charge is 2.28. The minimum absolute atomic E-state index is 0.326. The predicted octanol–water partition coefficient (Wildman–Crippen LogP) is 4.58. The van der Waals surface area contributed by atoms with E-state index in [0.29, 0.717) is 24.2 Å². The first-order chi connectivity index (χ1) is 14.0. The van der Waals surface area contributed by atoms with Gasteiger partial charge in [0.1, 0.15) is 6.07 Å². The van der Waals surface area contributed by atoms with Gasteiger partial charge in [0.25, 0.3) is 0 Å². The molecule has 0 spiro atoms. The molecule has 2 aromatic rings. The van der Waals surface area contributed by atoms with E-state index in [9.17, 15) is 15.2 Å². The highest BCUT2D eigenvalue weighted by atomic mass is 28.3. The average Bonchev–Trinajstić information content (AvgIpc) is 3.05. The first kappa shape index (κ1) is 23.4. The van der Waals surface area contributed by atoms with Crippen LogP contribution in [0.4, 0.5) is 4.79 Å². The molecule has 0 radical (unpaired) electrons. The fourth-order valence-corrected chi connectivity index (χ4v) is 4.87. The van der Waals surface area contributed by atoms with E-state index in [0.717, 1.165) is 17.0 Å². The molecular weight excluding hydrogens is 392 g/mol. The Morgan fingerprint density at radius 3 is 2.30 bits per heavy atom. The molecule has 0 aliphatic carbocycles. The number of likely N-dealkylation sites (N-methyl/N-ethyl adjacent to an activating group) is 1. The molecule has 1 aromatic heterocycles. The zero-order valence-corrected chi connectivity index (χ0v) is 20.0. The van der Waals surface area contributed by atoms with Gasteiger partial charge in [0.05, 0.1) is 31.1 Å². The van der Waals surface area contributed by atoms with Gasteiger partial charge < -0.3 is 10.0 Å². The van der Waals surface area contributed by atoms with Gasteiger partial charge in [-0.3, -0.25) is 4.68 Å². The van der Waals surface area contributed by atoms with Crippen LogP contribution < -0.4 is 5.19 Å². The molecule has 1 atom stereocenters. The van der Waals surface area contributed by atoms with Crippen molar-refractivity contribution in [2.45, 2.75) is 59.9 Å². The van der Waals surface area contributed by atoms with Crippen LogP contribution in [0.15, 0.2) is 30.3 Å². The second-order valence-electron chi connectivity index (χ2n) is 8.46. The van der Waals surface area contributed by atoms with Crippen LogP contribution in [-0.4, -0.2) is 46.5 Å². The lowest BCUT2D eigenvalue weighted by molar-refractivity contribution is 0.141. The van der Waals surface area contributed by atoms with Crippen molar-refractivity contribution in [3.8, 4) is 6.07 Å². The maximum Gasteiger partial charge on any atom is 0.407 e. The molecule has 1 N–H and O–H groups in total. The quantitative estimate of drug-likeness (QED) is 0.521. The summed E-state index contributed by atoms with van der Waals surface area (Å²) in [5.74, 6) is 0. The highest BCUT2D eigenvalue weighted by molar-refractivity contribution is 6.88. The van der Waals surface area contributed by atoms with Crippen LogP contribution in [0.1, 0.15) is 37.7 Å². The Morgan fingerprint density at radius 1 is 1.27 bits per heavy atom. The van der Waals surface area contributed by atoms with E-state index in [1.807, 2.05) is 43.7 Å². The Kier molecular flexibility index (Phi) is 7.27. The van der Waals surface area contributed by atoms with Crippen LogP contribution in [0.2, 0.25) is 19.6 Å². The zero-order valence-electron chi connectivity index (χ0n) is 19.0. The van der Waals surface area contributed by atoms with E-state index in [4.69, 9.17) is 0 Å². The van der Waals surface area contributed by atoms with E-state index >= 15 is 0 Å². The summed E-state index contributed by atoms with van der Waals surface area (Å²) in [6, 6.07) is 11.9. The van der Waals surface area contributed by atoms with Gasteiger partial charge in [-0.2, -0.15) is 10.4 Å². The maximum atomic E-state index is 11.9. The summed E-state index contributed by atoms with van der Waals surface area (Å²) in [4.78, 5) is 13.2. The van der Waals surface area contributed by atoms with Crippen molar-refractivity contribution in [3.05, 3.63) is 47.3 Å². The summed E-state index contributed by atoms with van der Waals surface area (Å²) in [5, 5.41) is 25.7. The summed E-state index contributed by atoms with van der Waals surface area (Å²) < 4.78 is 1.84. The number of benzene rings is 1. The predicted molar refractivity (Wildman–Crippen MR) is 124 cm³/mol. The molecule has 160 valence electrons. The summed E-state index contributed by atoms with van der Waals surface area (Å²) in [5.41, 5.74) is 3.59. The number of allylic oxidation sites excluding steroid dienone is 1. The Bertz CT molecular complexity index is 978. The van der Waals surface area contributed by atoms with Gasteiger partial charge in [0, 0.05) is 18.7 Å². The lowest BCUT2D eigenvalue weighted by Gasteiger charge is -2.28. The fourth-order valence-electron chi connectivity index (χ4n) is 3.70. The van der Waals surface area contributed by atoms with Gasteiger partial charge in [-0.1, -0.05) is 49.1 Å². The van der Waals surface area contributed by atoms with Gasteiger partial charge in [-0.05, 0) is 39.3 Å². The number of hydrogen-bond donors (Lipinski definition) is 1. The molecule has 7 heteroatoms. The van der Waals surface area contributed by atoms with Crippen LogP contribution in [0, 0.1) is 18.3 Å². The monoisotopic (exact) mass is 424 g/mol. The number of carbonyl (C=O) groups is 1. The van der Waals surface area contributed by atoms with Crippen LogP contribution in [0.25, 0.3) is 11.1 Å². The largest absolute Gasteiger partial charge is 0.465 e. The van der Waals surface area contributed by atoms with Gasteiger partial charge in [-0.25, -0.2) is 4.79 Å². The van der Waals surface area contributed by atoms with Gasteiger partial charge in [0.15, 0.2) is 0 Å². The lowest BCUT2D eigenvalue weighted by Crippen LogP contribution is -2.39. The van der Waals surface area contributed by atoms with E-state index in [2.05, 4.69) is 42.9 Å². The SMILES string of the molecule is CCN(C(=O)O)C(C)/C(=C(\C#N)c1ccc([Si](C)(C)C)cc1)c1cc(C)nn1CC. The van der Waals surface area contributed by atoms with Gasteiger partial charge in [-0.15, -0.1) is 0 Å². The van der Waals surface area contributed by atoms with Crippen molar-refractivity contribution < 1.29 is 9.90 Å². The number of nitrogens with zero attached hydrogens (tertiary/aromatic N) is 4. The molecule has 0 saturated heterocycles. The van der Waals surface area contributed by atoms with E-state index < -0.39 is 20.2 Å². The summed E-state index contributed by atoms with van der Waals surface area (Å²) in [6.07, 6.45) is -1.01. The summed E-state index contributed by atoms with van der Waals surface area (Å²) in [6.45, 7) is 15.3. The van der Waals surface area contributed by atoms with Crippen molar-refractivity contribution in [2.75, 3.05) is 6.54 Å². The third-order valence-electron chi connectivity index (χ3n) is 5.37. The van der Waals surface area contributed by atoms with Crippen LogP contribution >= 0.6 is 0 Å². The fraction of sp³-hybridized carbons (Fsp3) is 0.435. The molecule has 30 heavy (non-hydrogen) atoms. The highest BCUT2D eigenvalue weighted by Crippen LogP contribution is 2.32. The standard InChI is InChI=1S/C23H32N4O2Si/c1-8-26(23(28)29)17(4)22(21-14-16(3)25-27(21)9-2)20(15-24)18-10-12-19(13-11-18)30(5,6)7/h10-14,17H,8-9H2,1-7H3,(H,28,29)/b22-20-. The molecule has 0 fully saturated rings. The first-order valence-corrected chi connectivity index (χ1v) is 13.8. The third kappa shape index (κ3) is 4.82. The van der Waals surface area contributed by atoms with E-state index in [-0.39, 0.29) is 0 Å². The van der Waals surface area contributed by atoms with E-state index in [1.165, 1.54) is 10.1 Å². The Labute approximate surface area is 180 Å². The summed E-state index contributed by atoms with van der Waals surface area (Å²) in [7, 11) is -1.46. The third-order valence-corrected chi connectivity index (χ3v) is 7.44. The molecule has 1 unspecified atom stereocenters. The van der Waals surface area contributed by atoms with E-state index in [1.54, 1.807) is 6.92 Å². The molecule has 0 saturated carbocycles. The maximum absolute atomic E-state index is 11.9. The molecule has 0 aliphatic heterocycles. The summed E-state index contributed by atoms with van der Waals surface area (Å²) >= 11 is 0. The number of rotatable bonds is 7. The molecular formula is C23H32N4O2Si. The Balaban J connectivity index is 2.79. The lowest BCUT2D eigenvalue weighted by atomic mass is 9.93. The topological polar surface area (TPSA) is 82.2 Å². The van der Waals surface area contributed by atoms with Crippen LogP contribution in [-0.2, 0) is 6.54 Å². The van der Waals surface area contributed by atoms with Crippen LogP contribution in [0.5, 0.6) is 0 Å². The van der Waals surface area contributed by atoms with Crippen molar-refractivity contribution >= 4 is 30.5 Å². The van der Waals surface area contributed by atoms with Crippen molar-refractivity contribution in [1.82, 2.24) is 14.7 Å². The zero-order chi connectivity index (χ0) is 22.6. The normalized spacial score (nSPS) is 13.4. The Hall–Kier alpha value is -2.85. The molecule has 1 heterocycles. The minimum Gasteiger partial charge on any atom is -0.465 e. The van der Waals surface area contributed by atoms with Crippen molar-refractivity contribution in [1.29, 1.82) is 5.26 Å². The second-order valence-corrected chi connectivity index (χ2v) is 13.5. The van der Waals surface area contributed by atoms with Crippen molar-refractivity contribution in [3.63, 3.8) is 0 Å². The van der Waals surface area contributed by atoms with Gasteiger partial charge >= 0.3 is 6.09 Å². The number of nitriles is 1. The Morgan fingerprint density at radius 2 is 1.87 bits per heavy atom. The second kappa shape index (κ2) is 9.31. The molecule has 0 bridgehead atoms. The number of aromatic nitrogens is 2. The number of hydrogen-bond acceptors (Lipinski definition) is 3. The molecule has 2 rings (SSSR count). The smallest absolute Gasteiger partial charge is 0.407 e. The number of carboxylic acid groups (broad SMARTS) is 1. The number of aryl methyl sites for hydroxylation is 2. The molecule has 1 amide bonds. The number of amides is 1. The van der Waals surface area contributed by atoms with Gasteiger partial charge in [0.2, 0.25) is 0 Å². The first-order valence-electron chi connectivity index (χ1n) is 10.3. The van der Waals surface area contributed by atoms with Crippen molar-refractivity contribution in [2.24, 2.45) is 0 Å².